The van der Waals surface area contributed by atoms with Crippen molar-refractivity contribution in [1.82, 2.24) is 10.3 Å². The van der Waals surface area contributed by atoms with E-state index in [-0.39, 0.29) is 30.5 Å². The molecular weight excluding hydrogens is 270 g/mol. The number of carbonyl (C=O) groups is 3. The molecule has 7 nitrogen and oxygen atoms in total. The highest BCUT2D eigenvalue weighted by Crippen LogP contribution is 2.15. The van der Waals surface area contributed by atoms with E-state index in [1.807, 2.05) is 0 Å². The molecular formula is C11H15N3O4S. The number of carbonyl (C=O) groups excluding carboxylic acids is 2. The first kappa shape index (κ1) is 15.1. The highest BCUT2D eigenvalue weighted by molar-refractivity contribution is 7.14. The third-order valence-electron chi connectivity index (χ3n) is 2.16. The summed E-state index contributed by atoms with van der Waals surface area (Å²) in [6.07, 6.45) is 0.718. The van der Waals surface area contributed by atoms with Crippen LogP contribution in [0.3, 0.4) is 0 Å². The third kappa shape index (κ3) is 5.47. The number of anilines is 1. The van der Waals surface area contributed by atoms with Crippen molar-refractivity contribution in [2.24, 2.45) is 0 Å². The van der Waals surface area contributed by atoms with Crippen molar-refractivity contribution in [3.05, 3.63) is 11.1 Å². The van der Waals surface area contributed by atoms with Gasteiger partial charge in [-0.15, -0.1) is 11.3 Å². The van der Waals surface area contributed by atoms with Crippen molar-refractivity contribution in [3.8, 4) is 0 Å². The molecule has 19 heavy (non-hydrogen) atoms. The van der Waals surface area contributed by atoms with Crippen LogP contribution in [-0.4, -0.2) is 34.4 Å². The third-order valence-corrected chi connectivity index (χ3v) is 2.91. The van der Waals surface area contributed by atoms with Crippen molar-refractivity contribution in [2.75, 3.05) is 11.9 Å². The molecule has 1 aromatic rings. The number of amides is 2. The SMILES string of the molecule is CCC(=O)Nc1nc(C(=O)NCCCC(=O)O)cs1. The number of nitrogens with one attached hydrogen (secondary N) is 2. The van der Waals surface area contributed by atoms with Crippen LogP contribution < -0.4 is 10.6 Å². The van der Waals surface area contributed by atoms with Gasteiger partial charge < -0.3 is 15.7 Å². The standard InChI is InChI=1S/C11H15N3O4S/c1-2-8(15)14-11-13-7(6-19-11)10(18)12-5-3-4-9(16)17/h6H,2-5H2,1H3,(H,12,18)(H,16,17)(H,13,14,15). The number of thiazole rings is 1. The van der Waals surface area contributed by atoms with Gasteiger partial charge in [-0.2, -0.15) is 0 Å². The van der Waals surface area contributed by atoms with E-state index in [4.69, 9.17) is 5.11 Å². The van der Waals surface area contributed by atoms with Crippen LogP contribution in [0.1, 0.15) is 36.7 Å². The Bertz CT molecular complexity index is 472. The number of rotatable bonds is 7. The summed E-state index contributed by atoms with van der Waals surface area (Å²) in [5.41, 5.74) is 0.215. The zero-order valence-corrected chi connectivity index (χ0v) is 11.2. The first-order chi connectivity index (χ1) is 9.02. The highest BCUT2D eigenvalue weighted by atomic mass is 32.1. The molecule has 1 heterocycles. The molecule has 0 aliphatic carbocycles. The molecule has 0 aliphatic heterocycles. The topological polar surface area (TPSA) is 108 Å². The van der Waals surface area contributed by atoms with Gasteiger partial charge in [0.2, 0.25) is 5.91 Å². The lowest BCUT2D eigenvalue weighted by molar-refractivity contribution is -0.137. The number of nitrogens with zero attached hydrogens (tertiary/aromatic N) is 1. The Balaban J connectivity index is 2.40. The van der Waals surface area contributed by atoms with Gasteiger partial charge in [0, 0.05) is 24.8 Å². The Kier molecular flexibility index (Phi) is 5.94. The minimum Gasteiger partial charge on any atom is -0.481 e. The molecule has 0 bridgehead atoms. The molecule has 1 rings (SSSR count). The van der Waals surface area contributed by atoms with Crippen LogP contribution in [0.15, 0.2) is 5.38 Å². The van der Waals surface area contributed by atoms with Crippen LogP contribution in [0.4, 0.5) is 5.13 Å². The molecule has 0 unspecified atom stereocenters. The predicted molar refractivity (Wildman–Crippen MR) is 70.2 cm³/mol. The molecule has 0 atom stereocenters. The van der Waals surface area contributed by atoms with E-state index in [1.54, 1.807) is 6.92 Å². The van der Waals surface area contributed by atoms with Crippen molar-refractivity contribution in [3.63, 3.8) is 0 Å². The van der Waals surface area contributed by atoms with E-state index in [2.05, 4.69) is 15.6 Å². The quantitative estimate of drug-likeness (QED) is 0.650. The van der Waals surface area contributed by atoms with Gasteiger partial charge in [-0.1, -0.05) is 6.92 Å². The molecule has 8 heteroatoms. The maximum Gasteiger partial charge on any atom is 0.303 e. The van der Waals surface area contributed by atoms with Gasteiger partial charge in [-0.3, -0.25) is 14.4 Å². The number of aliphatic carboxylic acids is 1. The summed E-state index contributed by atoms with van der Waals surface area (Å²) >= 11 is 1.17. The molecule has 2 amide bonds. The van der Waals surface area contributed by atoms with Crippen molar-refractivity contribution in [1.29, 1.82) is 0 Å². The Hall–Kier alpha value is -1.96. The van der Waals surface area contributed by atoms with Crippen LogP contribution >= 0.6 is 11.3 Å². The van der Waals surface area contributed by atoms with Crippen molar-refractivity contribution < 1.29 is 19.5 Å². The second kappa shape index (κ2) is 7.47. The minimum absolute atomic E-state index is 0.00908. The highest BCUT2D eigenvalue weighted by Gasteiger charge is 2.11. The van der Waals surface area contributed by atoms with E-state index in [0.717, 1.165) is 0 Å². The Morgan fingerprint density at radius 1 is 1.42 bits per heavy atom. The number of carboxylic acid groups (broad SMARTS) is 1. The van der Waals surface area contributed by atoms with Gasteiger partial charge in [-0.25, -0.2) is 4.98 Å². The maximum absolute atomic E-state index is 11.6. The fraction of sp³-hybridized carbons (Fsp3) is 0.455. The molecule has 0 spiro atoms. The van der Waals surface area contributed by atoms with Gasteiger partial charge in [0.25, 0.3) is 5.91 Å². The predicted octanol–water partition coefficient (Wildman–Crippen LogP) is 1.09. The number of hydrogen-bond donors (Lipinski definition) is 3. The fourth-order valence-electron chi connectivity index (χ4n) is 1.18. The molecule has 0 aliphatic rings. The summed E-state index contributed by atoms with van der Waals surface area (Å²) in [7, 11) is 0. The molecule has 104 valence electrons. The summed E-state index contributed by atoms with van der Waals surface area (Å²) in [6.45, 7) is 2.00. The summed E-state index contributed by atoms with van der Waals surface area (Å²) in [5, 5.41) is 15.5. The average molecular weight is 285 g/mol. The normalized spacial score (nSPS) is 9.95. The fourth-order valence-corrected chi connectivity index (χ4v) is 1.88. The molecule has 0 aromatic carbocycles. The van der Waals surface area contributed by atoms with Crippen LogP contribution in [-0.2, 0) is 9.59 Å². The monoisotopic (exact) mass is 285 g/mol. The first-order valence-electron chi connectivity index (χ1n) is 5.78. The van der Waals surface area contributed by atoms with E-state index in [9.17, 15) is 14.4 Å². The van der Waals surface area contributed by atoms with Gasteiger partial charge in [-0.05, 0) is 6.42 Å². The molecule has 0 saturated heterocycles. The van der Waals surface area contributed by atoms with Crippen molar-refractivity contribution in [2.45, 2.75) is 26.2 Å². The van der Waals surface area contributed by atoms with E-state index in [1.165, 1.54) is 16.7 Å². The average Bonchev–Trinajstić information content (AvgIpc) is 2.82. The lowest BCUT2D eigenvalue weighted by Gasteiger charge is -2.01. The van der Waals surface area contributed by atoms with Gasteiger partial charge in [0.05, 0.1) is 0 Å². The summed E-state index contributed by atoms with van der Waals surface area (Å²) in [5.74, 6) is -1.44. The van der Waals surface area contributed by atoms with Gasteiger partial charge >= 0.3 is 5.97 Å². The lowest BCUT2D eigenvalue weighted by Crippen LogP contribution is -2.25. The second-order valence-electron chi connectivity index (χ2n) is 3.69. The molecule has 0 saturated carbocycles. The van der Waals surface area contributed by atoms with E-state index >= 15 is 0 Å². The van der Waals surface area contributed by atoms with Crippen molar-refractivity contribution >= 4 is 34.3 Å². The van der Waals surface area contributed by atoms with Gasteiger partial charge in [0.1, 0.15) is 5.69 Å². The number of hydrogen-bond acceptors (Lipinski definition) is 5. The van der Waals surface area contributed by atoms with E-state index < -0.39 is 5.97 Å². The number of aromatic nitrogens is 1. The van der Waals surface area contributed by atoms with Gasteiger partial charge in [0.15, 0.2) is 5.13 Å². The molecule has 3 N–H and O–H groups in total. The Morgan fingerprint density at radius 3 is 2.79 bits per heavy atom. The number of carboxylic acids is 1. The Labute approximate surface area is 114 Å². The first-order valence-corrected chi connectivity index (χ1v) is 6.66. The zero-order chi connectivity index (χ0) is 14.3. The maximum atomic E-state index is 11.6. The Morgan fingerprint density at radius 2 is 2.16 bits per heavy atom. The second-order valence-corrected chi connectivity index (χ2v) is 4.55. The van der Waals surface area contributed by atoms with Crippen LogP contribution in [0.5, 0.6) is 0 Å². The van der Waals surface area contributed by atoms with Crippen LogP contribution in [0.2, 0.25) is 0 Å². The zero-order valence-electron chi connectivity index (χ0n) is 10.4. The summed E-state index contributed by atoms with van der Waals surface area (Å²) < 4.78 is 0. The largest absolute Gasteiger partial charge is 0.481 e. The molecule has 0 radical (unpaired) electrons. The summed E-state index contributed by atoms with van der Waals surface area (Å²) in [6, 6.07) is 0. The molecule has 0 fully saturated rings. The van der Waals surface area contributed by atoms with Crippen LogP contribution in [0.25, 0.3) is 0 Å². The smallest absolute Gasteiger partial charge is 0.303 e. The van der Waals surface area contributed by atoms with Crippen LogP contribution in [0, 0.1) is 0 Å². The molecule has 1 aromatic heterocycles. The minimum atomic E-state index is -0.896. The lowest BCUT2D eigenvalue weighted by atomic mass is 10.3. The summed E-state index contributed by atoms with van der Waals surface area (Å²) in [4.78, 5) is 37.0. The van der Waals surface area contributed by atoms with E-state index in [0.29, 0.717) is 18.0 Å².